The number of fused-ring (bicyclic) bond motifs is 1. The zero-order valence-corrected chi connectivity index (χ0v) is 16.3. The number of urea groups is 1. The molecule has 0 aliphatic heterocycles. The number of nitrogens with one attached hydrogen (secondary N) is 3. The Balaban J connectivity index is 1.53. The van der Waals surface area contributed by atoms with Gasteiger partial charge in [-0.2, -0.15) is 5.10 Å². The number of nitrogens with zero attached hydrogens (tertiary/aromatic N) is 2. The highest BCUT2D eigenvalue weighted by molar-refractivity contribution is 5.95. The molecule has 7 nitrogen and oxygen atoms in total. The number of carbonyl (C=O) groups excluding carboxylic acids is 2. The molecule has 0 saturated heterocycles. The lowest BCUT2D eigenvalue weighted by atomic mass is 9.93. The van der Waals surface area contributed by atoms with Gasteiger partial charge < -0.3 is 16.0 Å². The standard InChI is InChI=1S/C20H27N5O2/c1-12-8-13(2)19(14(3)9-12)24-18(26)11-21-20(27)23-16-6-5-7-17-15(16)10-22-25(17)4/h8-10,16H,5-7,11H2,1-4H3,(H,24,26)(H2,21,23,27). The SMILES string of the molecule is Cc1cc(C)c(NC(=O)CNC(=O)NC2CCCc3c2cnn3C)c(C)c1. The van der Waals surface area contributed by atoms with Crippen molar-refractivity contribution in [3.8, 4) is 0 Å². The third kappa shape index (κ3) is 4.30. The minimum Gasteiger partial charge on any atom is -0.331 e. The van der Waals surface area contributed by atoms with E-state index in [1.165, 1.54) is 0 Å². The summed E-state index contributed by atoms with van der Waals surface area (Å²) >= 11 is 0. The molecule has 1 unspecified atom stereocenters. The van der Waals surface area contributed by atoms with Crippen molar-refractivity contribution in [1.29, 1.82) is 0 Å². The van der Waals surface area contributed by atoms with E-state index in [1.807, 2.05) is 50.8 Å². The van der Waals surface area contributed by atoms with Crippen molar-refractivity contribution in [3.05, 3.63) is 46.3 Å². The lowest BCUT2D eigenvalue weighted by molar-refractivity contribution is -0.115. The number of carbonyl (C=O) groups is 2. The largest absolute Gasteiger partial charge is 0.331 e. The molecule has 3 rings (SSSR count). The van der Waals surface area contributed by atoms with Crippen LogP contribution in [0.15, 0.2) is 18.3 Å². The smallest absolute Gasteiger partial charge is 0.315 e. The molecule has 1 heterocycles. The van der Waals surface area contributed by atoms with Gasteiger partial charge in [0.15, 0.2) is 0 Å². The zero-order chi connectivity index (χ0) is 19.6. The maximum atomic E-state index is 12.2. The third-order valence-electron chi connectivity index (χ3n) is 5.03. The van der Waals surface area contributed by atoms with Crippen LogP contribution in [0, 0.1) is 20.8 Å². The zero-order valence-electron chi connectivity index (χ0n) is 16.3. The molecule has 27 heavy (non-hydrogen) atoms. The van der Waals surface area contributed by atoms with Crippen LogP contribution in [0.3, 0.4) is 0 Å². The summed E-state index contributed by atoms with van der Waals surface area (Å²) in [5.41, 5.74) is 6.21. The number of aryl methyl sites for hydroxylation is 4. The van der Waals surface area contributed by atoms with Crippen molar-refractivity contribution in [2.24, 2.45) is 7.05 Å². The summed E-state index contributed by atoms with van der Waals surface area (Å²) in [6.07, 6.45) is 4.67. The van der Waals surface area contributed by atoms with Crippen LogP contribution in [-0.2, 0) is 18.3 Å². The number of hydrogen-bond acceptors (Lipinski definition) is 3. The summed E-state index contributed by atoms with van der Waals surface area (Å²) in [4.78, 5) is 24.5. The number of benzene rings is 1. The maximum Gasteiger partial charge on any atom is 0.315 e. The van der Waals surface area contributed by atoms with Crippen LogP contribution in [-0.4, -0.2) is 28.3 Å². The minimum absolute atomic E-state index is 0.0629. The summed E-state index contributed by atoms with van der Waals surface area (Å²) in [5.74, 6) is -0.245. The van der Waals surface area contributed by atoms with Gasteiger partial charge in [0.2, 0.25) is 5.91 Å². The van der Waals surface area contributed by atoms with Gasteiger partial charge in [-0.05, 0) is 51.2 Å². The lowest BCUT2D eigenvalue weighted by Gasteiger charge is -2.24. The van der Waals surface area contributed by atoms with Crippen LogP contribution >= 0.6 is 0 Å². The average molecular weight is 369 g/mol. The molecule has 3 N–H and O–H groups in total. The summed E-state index contributed by atoms with van der Waals surface area (Å²) in [6, 6.07) is 3.64. The van der Waals surface area contributed by atoms with Crippen molar-refractivity contribution in [2.45, 2.75) is 46.1 Å². The Hall–Kier alpha value is -2.83. The number of hydrogen-bond donors (Lipinski definition) is 3. The first-order chi connectivity index (χ1) is 12.8. The fraction of sp³-hybridized carbons (Fsp3) is 0.450. The molecule has 1 aromatic carbocycles. The van der Waals surface area contributed by atoms with Crippen LogP contribution in [0.2, 0.25) is 0 Å². The summed E-state index contributed by atoms with van der Waals surface area (Å²) in [7, 11) is 1.92. The molecule has 7 heteroatoms. The Morgan fingerprint density at radius 2 is 1.93 bits per heavy atom. The number of aromatic nitrogens is 2. The van der Waals surface area contributed by atoms with Crippen molar-refractivity contribution >= 4 is 17.6 Å². The number of rotatable bonds is 4. The molecule has 1 aromatic heterocycles. The molecule has 0 fully saturated rings. The molecule has 3 amide bonds. The predicted octanol–water partition coefficient (Wildman–Crippen LogP) is 2.66. The molecule has 144 valence electrons. The number of anilines is 1. The molecule has 1 aliphatic carbocycles. The Morgan fingerprint density at radius 1 is 1.22 bits per heavy atom. The van der Waals surface area contributed by atoms with Gasteiger partial charge in [0.05, 0.1) is 18.8 Å². The maximum absolute atomic E-state index is 12.2. The normalized spacial score (nSPS) is 15.8. The monoisotopic (exact) mass is 369 g/mol. The van der Waals surface area contributed by atoms with Gasteiger partial charge in [-0.25, -0.2) is 4.79 Å². The van der Waals surface area contributed by atoms with Crippen LogP contribution < -0.4 is 16.0 Å². The topological polar surface area (TPSA) is 88.1 Å². The summed E-state index contributed by atoms with van der Waals surface area (Å²) in [6.45, 7) is 5.87. The van der Waals surface area contributed by atoms with E-state index in [0.717, 1.165) is 52.9 Å². The molecule has 1 atom stereocenters. The van der Waals surface area contributed by atoms with E-state index in [1.54, 1.807) is 0 Å². The van der Waals surface area contributed by atoms with Gasteiger partial charge in [0, 0.05) is 24.0 Å². The average Bonchev–Trinajstić information content (AvgIpc) is 2.99. The van der Waals surface area contributed by atoms with Crippen molar-refractivity contribution in [2.75, 3.05) is 11.9 Å². The highest BCUT2D eigenvalue weighted by Gasteiger charge is 2.24. The second-order valence-electron chi connectivity index (χ2n) is 7.26. The van der Waals surface area contributed by atoms with E-state index in [-0.39, 0.29) is 24.5 Å². The van der Waals surface area contributed by atoms with Gasteiger partial charge in [-0.1, -0.05) is 17.7 Å². The van der Waals surface area contributed by atoms with E-state index in [0.29, 0.717) is 0 Å². The molecule has 2 aromatic rings. The molecule has 0 bridgehead atoms. The van der Waals surface area contributed by atoms with Crippen molar-refractivity contribution in [3.63, 3.8) is 0 Å². The quantitative estimate of drug-likeness (QED) is 0.774. The number of amides is 3. The van der Waals surface area contributed by atoms with E-state index >= 15 is 0 Å². The fourth-order valence-electron chi connectivity index (χ4n) is 3.79. The van der Waals surface area contributed by atoms with Crippen molar-refractivity contribution in [1.82, 2.24) is 20.4 Å². The predicted molar refractivity (Wildman–Crippen MR) is 105 cm³/mol. The van der Waals surface area contributed by atoms with Crippen LogP contribution in [0.25, 0.3) is 0 Å². The lowest BCUT2D eigenvalue weighted by Crippen LogP contribution is -2.42. The minimum atomic E-state index is -0.343. The Kier molecular flexibility index (Phi) is 5.48. The van der Waals surface area contributed by atoms with E-state index in [9.17, 15) is 9.59 Å². The third-order valence-corrected chi connectivity index (χ3v) is 5.03. The first kappa shape index (κ1) is 18.9. The van der Waals surface area contributed by atoms with E-state index < -0.39 is 0 Å². The Morgan fingerprint density at radius 3 is 2.63 bits per heavy atom. The fourth-order valence-corrected chi connectivity index (χ4v) is 3.79. The van der Waals surface area contributed by atoms with Crippen LogP contribution in [0.5, 0.6) is 0 Å². The summed E-state index contributed by atoms with van der Waals surface area (Å²) < 4.78 is 1.86. The first-order valence-electron chi connectivity index (χ1n) is 9.28. The molecular weight excluding hydrogens is 342 g/mol. The van der Waals surface area contributed by atoms with Crippen molar-refractivity contribution < 1.29 is 9.59 Å². The molecule has 0 saturated carbocycles. The molecule has 0 radical (unpaired) electrons. The highest BCUT2D eigenvalue weighted by Crippen LogP contribution is 2.29. The van der Waals surface area contributed by atoms with Gasteiger partial charge in [-0.3, -0.25) is 9.48 Å². The van der Waals surface area contributed by atoms with Crippen LogP contribution in [0.1, 0.15) is 46.8 Å². The Labute approximate surface area is 159 Å². The second-order valence-corrected chi connectivity index (χ2v) is 7.26. The first-order valence-corrected chi connectivity index (χ1v) is 9.28. The van der Waals surface area contributed by atoms with Gasteiger partial charge in [-0.15, -0.1) is 0 Å². The molecule has 1 aliphatic rings. The van der Waals surface area contributed by atoms with Crippen LogP contribution in [0.4, 0.5) is 10.5 Å². The molecular formula is C20H27N5O2. The Bertz CT molecular complexity index is 848. The van der Waals surface area contributed by atoms with E-state index in [2.05, 4.69) is 21.0 Å². The van der Waals surface area contributed by atoms with Gasteiger partial charge in [0.1, 0.15) is 0 Å². The second kappa shape index (κ2) is 7.82. The summed E-state index contributed by atoms with van der Waals surface area (Å²) in [5, 5.41) is 12.8. The van der Waals surface area contributed by atoms with Gasteiger partial charge >= 0.3 is 6.03 Å². The highest BCUT2D eigenvalue weighted by atomic mass is 16.2. The molecule has 0 spiro atoms. The van der Waals surface area contributed by atoms with E-state index in [4.69, 9.17) is 0 Å². The van der Waals surface area contributed by atoms with Gasteiger partial charge in [0.25, 0.3) is 0 Å².